The Hall–Kier alpha value is -1.59. The maximum absolute atomic E-state index is 10.8. The molecule has 0 spiro atoms. The van der Waals surface area contributed by atoms with E-state index in [1.54, 1.807) is 0 Å². The summed E-state index contributed by atoms with van der Waals surface area (Å²) in [5.74, 6) is 0. The number of H-pyrrole nitrogens is 1. The zero-order chi connectivity index (χ0) is 10.9. The van der Waals surface area contributed by atoms with Gasteiger partial charge in [0.2, 0.25) is 0 Å². The highest BCUT2D eigenvalue weighted by atomic mass is 32.2. The zero-order valence-electron chi connectivity index (χ0n) is 7.71. The summed E-state index contributed by atoms with van der Waals surface area (Å²) in [5.41, 5.74) is 1.52. The molecular weight excluding hydrogens is 214 g/mol. The fourth-order valence-electron chi connectivity index (χ4n) is 1.31. The van der Waals surface area contributed by atoms with Gasteiger partial charge in [0.05, 0.1) is 0 Å². The first-order chi connectivity index (χ1) is 7.07. The lowest BCUT2D eigenvalue weighted by Gasteiger charge is -1.94. The Morgan fingerprint density at radius 2 is 1.80 bits per heavy atom. The summed E-state index contributed by atoms with van der Waals surface area (Å²) in [6, 6.07) is 10.7. The molecular formula is C10H9NO3S. The monoisotopic (exact) mass is 223 g/mol. The van der Waals surface area contributed by atoms with Gasteiger partial charge < -0.3 is 4.98 Å². The molecule has 0 saturated carbocycles. The molecule has 0 saturated heterocycles. The fraction of sp³-hybridized carbons (Fsp3) is 0. The van der Waals surface area contributed by atoms with E-state index >= 15 is 0 Å². The highest BCUT2D eigenvalue weighted by molar-refractivity contribution is 7.85. The molecule has 5 heteroatoms. The van der Waals surface area contributed by atoms with Crippen molar-refractivity contribution in [3.8, 4) is 11.3 Å². The molecule has 1 heterocycles. The Labute approximate surface area is 87.3 Å². The van der Waals surface area contributed by atoms with Crippen molar-refractivity contribution >= 4 is 10.1 Å². The third-order valence-electron chi connectivity index (χ3n) is 2.04. The van der Waals surface area contributed by atoms with Crippen molar-refractivity contribution in [2.75, 3.05) is 0 Å². The molecule has 0 atom stereocenters. The number of benzene rings is 1. The summed E-state index contributed by atoms with van der Waals surface area (Å²) in [6.45, 7) is 0. The Kier molecular flexibility index (Phi) is 2.34. The predicted octanol–water partition coefficient (Wildman–Crippen LogP) is 1.93. The Bertz CT molecular complexity index is 557. The largest absolute Gasteiger partial charge is 0.360 e. The lowest BCUT2D eigenvalue weighted by atomic mass is 10.2. The normalized spacial score (nSPS) is 11.5. The lowest BCUT2D eigenvalue weighted by Crippen LogP contribution is -1.94. The van der Waals surface area contributed by atoms with Crippen molar-refractivity contribution in [2.24, 2.45) is 0 Å². The van der Waals surface area contributed by atoms with Crippen LogP contribution in [0.3, 0.4) is 0 Å². The van der Waals surface area contributed by atoms with Gasteiger partial charge in [-0.1, -0.05) is 30.3 Å². The van der Waals surface area contributed by atoms with Crippen LogP contribution in [0, 0.1) is 0 Å². The minimum atomic E-state index is -4.12. The standard InChI is InChI=1S/C10H9NO3S/c12-15(13,14)9-6-10(11-7-9)8-4-2-1-3-5-8/h1-7,11H,(H,12,13,14). The SMILES string of the molecule is O=S(=O)(O)c1c[nH]c(-c2ccccc2)c1. The topological polar surface area (TPSA) is 70.2 Å². The second-order valence-corrected chi connectivity index (χ2v) is 4.51. The van der Waals surface area contributed by atoms with E-state index in [1.807, 2.05) is 30.3 Å². The number of rotatable bonds is 2. The summed E-state index contributed by atoms with van der Waals surface area (Å²) >= 11 is 0. The van der Waals surface area contributed by atoms with E-state index in [4.69, 9.17) is 4.55 Å². The lowest BCUT2D eigenvalue weighted by molar-refractivity contribution is 0.483. The smallest absolute Gasteiger partial charge is 0.296 e. The van der Waals surface area contributed by atoms with Crippen LogP contribution < -0.4 is 0 Å². The van der Waals surface area contributed by atoms with Crippen LogP contribution in [0.5, 0.6) is 0 Å². The van der Waals surface area contributed by atoms with Gasteiger partial charge >= 0.3 is 0 Å². The molecule has 2 aromatic rings. The predicted molar refractivity (Wildman–Crippen MR) is 56.0 cm³/mol. The average molecular weight is 223 g/mol. The second-order valence-electron chi connectivity index (χ2n) is 3.09. The number of hydrogen-bond acceptors (Lipinski definition) is 2. The van der Waals surface area contributed by atoms with Crippen LogP contribution in [0.25, 0.3) is 11.3 Å². The fourth-order valence-corrected chi connectivity index (χ4v) is 1.78. The van der Waals surface area contributed by atoms with E-state index in [1.165, 1.54) is 12.3 Å². The van der Waals surface area contributed by atoms with E-state index in [0.717, 1.165) is 5.56 Å². The number of nitrogens with one attached hydrogen (secondary N) is 1. The molecule has 2 N–H and O–H groups in total. The molecule has 0 bridgehead atoms. The summed E-state index contributed by atoms with van der Waals surface area (Å²) in [5, 5.41) is 0. The maximum atomic E-state index is 10.8. The van der Waals surface area contributed by atoms with Crippen LogP contribution in [0.4, 0.5) is 0 Å². The van der Waals surface area contributed by atoms with Crippen molar-refractivity contribution in [3.05, 3.63) is 42.6 Å². The minimum Gasteiger partial charge on any atom is -0.360 e. The van der Waals surface area contributed by atoms with Gasteiger partial charge in [-0.2, -0.15) is 8.42 Å². The Balaban J connectivity index is 2.46. The average Bonchev–Trinajstić information content (AvgIpc) is 2.67. The van der Waals surface area contributed by atoms with Gasteiger partial charge in [-0.3, -0.25) is 4.55 Å². The van der Waals surface area contributed by atoms with E-state index in [-0.39, 0.29) is 4.90 Å². The molecule has 1 aromatic heterocycles. The molecule has 0 aliphatic carbocycles. The van der Waals surface area contributed by atoms with Crippen LogP contribution in [0.2, 0.25) is 0 Å². The van der Waals surface area contributed by atoms with Crippen molar-refractivity contribution in [2.45, 2.75) is 4.90 Å². The minimum absolute atomic E-state index is 0.124. The van der Waals surface area contributed by atoms with Crippen LogP contribution in [-0.4, -0.2) is 18.0 Å². The second kappa shape index (κ2) is 3.52. The van der Waals surface area contributed by atoms with Gasteiger partial charge in [0, 0.05) is 11.9 Å². The molecule has 0 radical (unpaired) electrons. The van der Waals surface area contributed by atoms with Crippen LogP contribution in [0.15, 0.2) is 47.5 Å². The third-order valence-corrected chi connectivity index (χ3v) is 2.87. The molecule has 0 aliphatic heterocycles. The van der Waals surface area contributed by atoms with Gasteiger partial charge in [-0.05, 0) is 11.6 Å². The first kappa shape index (κ1) is 9.95. The molecule has 0 aliphatic rings. The maximum Gasteiger partial charge on any atom is 0.296 e. The first-order valence-corrected chi connectivity index (χ1v) is 5.73. The van der Waals surface area contributed by atoms with Crippen LogP contribution >= 0.6 is 0 Å². The first-order valence-electron chi connectivity index (χ1n) is 4.29. The summed E-state index contributed by atoms with van der Waals surface area (Å²) in [7, 11) is -4.12. The summed E-state index contributed by atoms with van der Waals surface area (Å²) in [4.78, 5) is 2.67. The summed E-state index contributed by atoms with van der Waals surface area (Å²) in [6.07, 6.45) is 1.26. The van der Waals surface area contributed by atoms with Gasteiger partial charge in [0.1, 0.15) is 4.90 Å². The van der Waals surface area contributed by atoms with Gasteiger partial charge in [0.25, 0.3) is 10.1 Å². The Morgan fingerprint density at radius 3 is 2.33 bits per heavy atom. The van der Waals surface area contributed by atoms with Gasteiger partial charge in [-0.15, -0.1) is 0 Å². The highest BCUT2D eigenvalue weighted by Crippen LogP contribution is 2.20. The quantitative estimate of drug-likeness (QED) is 0.764. The van der Waals surface area contributed by atoms with Crippen LogP contribution in [0.1, 0.15) is 0 Å². The number of aromatic amines is 1. The molecule has 1 aromatic carbocycles. The van der Waals surface area contributed by atoms with Crippen LogP contribution in [-0.2, 0) is 10.1 Å². The van der Waals surface area contributed by atoms with Crippen molar-refractivity contribution in [1.82, 2.24) is 4.98 Å². The van der Waals surface area contributed by atoms with E-state index in [9.17, 15) is 8.42 Å². The number of hydrogen-bond donors (Lipinski definition) is 2. The molecule has 0 unspecified atom stereocenters. The molecule has 4 nitrogen and oxygen atoms in total. The molecule has 0 amide bonds. The third kappa shape index (κ3) is 2.08. The van der Waals surface area contributed by atoms with E-state index < -0.39 is 10.1 Å². The number of aromatic nitrogens is 1. The van der Waals surface area contributed by atoms with E-state index in [0.29, 0.717) is 5.69 Å². The van der Waals surface area contributed by atoms with Gasteiger partial charge in [0.15, 0.2) is 0 Å². The molecule has 78 valence electrons. The van der Waals surface area contributed by atoms with Gasteiger partial charge in [-0.25, -0.2) is 0 Å². The van der Waals surface area contributed by atoms with Crippen molar-refractivity contribution < 1.29 is 13.0 Å². The molecule has 15 heavy (non-hydrogen) atoms. The molecule has 2 rings (SSSR count). The van der Waals surface area contributed by atoms with Crippen molar-refractivity contribution in [3.63, 3.8) is 0 Å². The van der Waals surface area contributed by atoms with E-state index in [2.05, 4.69) is 4.98 Å². The zero-order valence-corrected chi connectivity index (χ0v) is 8.53. The highest BCUT2D eigenvalue weighted by Gasteiger charge is 2.12. The Morgan fingerprint density at radius 1 is 1.13 bits per heavy atom. The molecule has 0 fully saturated rings. The summed E-state index contributed by atoms with van der Waals surface area (Å²) < 4.78 is 30.4. The van der Waals surface area contributed by atoms with Crippen molar-refractivity contribution in [1.29, 1.82) is 0 Å².